The SMILES string of the molecule is COc1cc(/C=C2\SC(=S)N(NC(=O)c3cccnc3)C2=O)ccc1OCc1ccccc1Cl. The molecule has 4 rings (SSSR count). The minimum absolute atomic E-state index is 0.222. The predicted octanol–water partition coefficient (Wildman–Crippen LogP) is 4.87. The fourth-order valence-corrected chi connectivity index (χ4v) is 4.41. The number of halogens is 1. The fraction of sp³-hybridized carbons (Fsp3) is 0.0833. The molecule has 7 nitrogen and oxygen atoms in total. The van der Waals surface area contributed by atoms with Crippen molar-refractivity contribution in [2.75, 3.05) is 7.11 Å². The van der Waals surface area contributed by atoms with E-state index in [-0.39, 0.29) is 10.9 Å². The van der Waals surface area contributed by atoms with Crippen LogP contribution in [0.5, 0.6) is 11.5 Å². The van der Waals surface area contributed by atoms with Crippen LogP contribution in [0.1, 0.15) is 21.5 Å². The summed E-state index contributed by atoms with van der Waals surface area (Å²) >= 11 is 12.6. The Morgan fingerprint density at radius 1 is 1.21 bits per heavy atom. The van der Waals surface area contributed by atoms with Crippen LogP contribution in [0, 0.1) is 0 Å². The van der Waals surface area contributed by atoms with Crippen LogP contribution in [-0.2, 0) is 11.4 Å². The molecule has 34 heavy (non-hydrogen) atoms. The van der Waals surface area contributed by atoms with Gasteiger partial charge in [-0.25, -0.2) is 0 Å². The summed E-state index contributed by atoms with van der Waals surface area (Å²) in [5, 5.41) is 1.68. The molecule has 0 atom stereocenters. The van der Waals surface area contributed by atoms with E-state index >= 15 is 0 Å². The molecule has 1 aromatic heterocycles. The van der Waals surface area contributed by atoms with Crippen molar-refractivity contribution < 1.29 is 19.1 Å². The smallest absolute Gasteiger partial charge is 0.285 e. The highest BCUT2D eigenvalue weighted by Gasteiger charge is 2.33. The van der Waals surface area contributed by atoms with Crippen LogP contribution in [-0.4, -0.2) is 33.2 Å². The van der Waals surface area contributed by atoms with Gasteiger partial charge in [-0.05, 0) is 54.2 Å². The van der Waals surface area contributed by atoms with Crippen molar-refractivity contribution in [3.05, 3.63) is 93.6 Å². The van der Waals surface area contributed by atoms with Crippen molar-refractivity contribution in [1.29, 1.82) is 0 Å². The van der Waals surface area contributed by atoms with E-state index in [1.807, 2.05) is 18.2 Å². The first-order valence-electron chi connectivity index (χ1n) is 9.99. The summed E-state index contributed by atoms with van der Waals surface area (Å²) in [5.74, 6) is 0.134. The molecule has 0 radical (unpaired) electrons. The lowest BCUT2D eigenvalue weighted by atomic mass is 10.2. The Kier molecular flexibility index (Phi) is 7.46. The molecular weight excluding hydrogens is 494 g/mol. The predicted molar refractivity (Wildman–Crippen MR) is 135 cm³/mol. The Morgan fingerprint density at radius 2 is 2.03 bits per heavy atom. The molecule has 0 unspecified atom stereocenters. The van der Waals surface area contributed by atoms with E-state index in [1.165, 1.54) is 13.3 Å². The lowest BCUT2D eigenvalue weighted by Gasteiger charge is -2.15. The molecular formula is C24H18ClN3O4S2. The van der Waals surface area contributed by atoms with Gasteiger partial charge in [0.1, 0.15) is 6.61 Å². The molecule has 10 heteroatoms. The van der Waals surface area contributed by atoms with Gasteiger partial charge in [0.05, 0.1) is 17.6 Å². The molecule has 0 saturated carbocycles. The van der Waals surface area contributed by atoms with E-state index in [2.05, 4.69) is 10.4 Å². The van der Waals surface area contributed by atoms with Gasteiger partial charge < -0.3 is 9.47 Å². The number of ether oxygens (including phenoxy) is 2. The first kappa shape index (κ1) is 23.7. The zero-order valence-corrected chi connectivity index (χ0v) is 20.2. The van der Waals surface area contributed by atoms with Gasteiger partial charge in [0, 0.05) is 23.0 Å². The maximum absolute atomic E-state index is 12.9. The van der Waals surface area contributed by atoms with E-state index in [0.717, 1.165) is 22.3 Å². The zero-order chi connectivity index (χ0) is 24.1. The Balaban J connectivity index is 1.47. The number of hydrazine groups is 1. The maximum atomic E-state index is 12.9. The topological polar surface area (TPSA) is 80.8 Å². The van der Waals surface area contributed by atoms with Gasteiger partial charge in [0.15, 0.2) is 15.8 Å². The lowest BCUT2D eigenvalue weighted by molar-refractivity contribution is -0.123. The number of benzene rings is 2. The average molecular weight is 512 g/mol. The number of thioether (sulfide) groups is 1. The maximum Gasteiger partial charge on any atom is 0.285 e. The number of hydrogen-bond donors (Lipinski definition) is 1. The largest absolute Gasteiger partial charge is 0.493 e. The van der Waals surface area contributed by atoms with Crippen LogP contribution >= 0.6 is 35.6 Å². The number of thiocarbonyl (C=S) groups is 1. The molecule has 1 aliphatic heterocycles. The minimum atomic E-state index is -0.479. The number of pyridine rings is 1. The number of aromatic nitrogens is 1. The Bertz CT molecular complexity index is 1280. The molecule has 2 aromatic carbocycles. The van der Waals surface area contributed by atoms with Gasteiger partial charge in [0.2, 0.25) is 0 Å². The number of carbonyl (C=O) groups is 2. The zero-order valence-electron chi connectivity index (χ0n) is 17.9. The first-order valence-corrected chi connectivity index (χ1v) is 11.6. The molecule has 2 amide bonds. The van der Waals surface area contributed by atoms with E-state index in [9.17, 15) is 9.59 Å². The second kappa shape index (κ2) is 10.7. The fourth-order valence-electron chi connectivity index (χ4n) is 3.04. The van der Waals surface area contributed by atoms with Crippen LogP contribution in [0.2, 0.25) is 5.02 Å². The average Bonchev–Trinajstić information content (AvgIpc) is 3.11. The molecule has 1 aliphatic rings. The molecule has 0 spiro atoms. The summed E-state index contributed by atoms with van der Waals surface area (Å²) in [6, 6.07) is 16.0. The molecule has 3 aromatic rings. The van der Waals surface area contributed by atoms with Crippen LogP contribution in [0.3, 0.4) is 0 Å². The minimum Gasteiger partial charge on any atom is -0.493 e. The van der Waals surface area contributed by atoms with Gasteiger partial charge in [-0.3, -0.25) is 20.0 Å². The normalized spacial score (nSPS) is 14.4. The number of nitrogens with one attached hydrogen (secondary N) is 1. The summed E-state index contributed by atoms with van der Waals surface area (Å²) in [6.07, 6.45) is 4.64. The second-order valence-corrected chi connectivity index (χ2v) is 9.07. The number of rotatable bonds is 7. The number of hydrogen-bond acceptors (Lipinski definition) is 7. The monoisotopic (exact) mass is 511 g/mol. The van der Waals surface area contributed by atoms with E-state index < -0.39 is 11.8 Å². The third kappa shape index (κ3) is 5.39. The molecule has 1 saturated heterocycles. The molecule has 0 aliphatic carbocycles. The third-order valence-corrected chi connectivity index (χ3v) is 6.43. The van der Waals surface area contributed by atoms with Crippen LogP contribution < -0.4 is 14.9 Å². The summed E-state index contributed by atoms with van der Waals surface area (Å²) in [7, 11) is 1.54. The van der Waals surface area contributed by atoms with Gasteiger partial charge in [0.25, 0.3) is 11.8 Å². The highest BCUT2D eigenvalue weighted by Crippen LogP contribution is 2.34. The molecule has 172 valence electrons. The van der Waals surface area contributed by atoms with E-state index in [0.29, 0.717) is 32.6 Å². The first-order chi connectivity index (χ1) is 16.5. The van der Waals surface area contributed by atoms with Crippen molar-refractivity contribution in [1.82, 2.24) is 15.4 Å². The van der Waals surface area contributed by atoms with E-state index in [4.69, 9.17) is 33.3 Å². The number of nitrogens with zero attached hydrogens (tertiary/aromatic N) is 2. The van der Waals surface area contributed by atoms with Crippen molar-refractivity contribution in [2.24, 2.45) is 0 Å². The molecule has 0 bridgehead atoms. The van der Waals surface area contributed by atoms with Crippen molar-refractivity contribution in [3.63, 3.8) is 0 Å². The highest BCUT2D eigenvalue weighted by molar-refractivity contribution is 8.26. The standard InChI is InChI=1S/C24H18ClN3O4S2/c1-31-20-11-15(8-9-19(20)32-14-17-5-2-3-7-18(17)25)12-21-23(30)28(24(33)34-21)27-22(29)16-6-4-10-26-13-16/h2-13H,14H2,1H3,(H,27,29)/b21-12-. The highest BCUT2D eigenvalue weighted by atomic mass is 35.5. The number of amides is 2. The molecule has 1 N–H and O–H groups in total. The van der Waals surface area contributed by atoms with E-state index in [1.54, 1.807) is 48.7 Å². The van der Waals surface area contributed by atoms with Crippen LogP contribution in [0.4, 0.5) is 0 Å². The summed E-state index contributed by atoms with van der Waals surface area (Å²) in [4.78, 5) is 29.5. The van der Waals surface area contributed by atoms with Crippen molar-refractivity contribution in [3.8, 4) is 11.5 Å². The van der Waals surface area contributed by atoms with Gasteiger partial charge >= 0.3 is 0 Å². The van der Waals surface area contributed by atoms with Crippen molar-refractivity contribution in [2.45, 2.75) is 6.61 Å². The van der Waals surface area contributed by atoms with Gasteiger partial charge in [-0.1, -0.05) is 47.6 Å². The summed E-state index contributed by atoms with van der Waals surface area (Å²) in [6.45, 7) is 0.282. The third-order valence-electron chi connectivity index (χ3n) is 4.76. The Morgan fingerprint density at radius 3 is 2.76 bits per heavy atom. The quantitative estimate of drug-likeness (QED) is 0.358. The lowest BCUT2D eigenvalue weighted by Crippen LogP contribution is -2.44. The molecule has 2 heterocycles. The number of carbonyl (C=O) groups excluding carboxylic acids is 2. The van der Waals surface area contributed by atoms with Crippen LogP contribution in [0.15, 0.2) is 71.9 Å². The summed E-state index contributed by atoms with van der Waals surface area (Å²) in [5.41, 5.74) is 4.41. The summed E-state index contributed by atoms with van der Waals surface area (Å²) < 4.78 is 11.6. The Hall–Kier alpha value is -3.40. The van der Waals surface area contributed by atoms with Crippen LogP contribution in [0.25, 0.3) is 6.08 Å². The van der Waals surface area contributed by atoms with Crippen molar-refractivity contribution >= 4 is 57.8 Å². The number of methoxy groups -OCH3 is 1. The van der Waals surface area contributed by atoms with Gasteiger partial charge in [-0.2, -0.15) is 5.01 Å². The second-order valence-electron chi connectivity index (χ2n) is 6.99. The van der Waals surface area contributed by atoms with Gasteiger partial charge in [-0.15, -0.1) is 0 Å². The Labute approximate surface area is 210 Å². The molecule has 1 fully saturated rings.